The second kappa shape index (κ2) is 11.1. The van der Waals surface area contributed by atoms with Crippen LogP contribution >= 0.6 is 22.6 Å². The van der Waals surface area contributed by atoms with Gasteiger partial charge in [-0.3, -0.25) is 4.79 Å². The molecule has 2 aromatic carbocycles. The third-order valence-electron chi connectivity index (χ3n) is 3.92. The third-order valence-corrected chi connectivity index (χ3v) is 4.77. The number of benzene rings is 2. The molecule has 2 rings (SSSR count). The van der Waals surface area contributed by atoms with Gasteiger partial charge in [-0.2, -0.15) is 5.26 Å². The summed E-state index contributed by atoms with van der Waals surface area (Å²) < 4.78 is 16.9. The normalized spacial score (nSPS) is 10.6. The fourth-order valence-corrected chi connectivity index (χ4v) is 3.15. The van der Waals surface area contributed by atoms with Gasteiger partial charge < -0.3 is 19.5 Å². The summed E-state index contributed by atoms with van der Waals surface area (Å²) in [6.45, 7) is 4.25. The number of methoxy groups -OCH3 is 2. The van der Waals surface area contributed by atoms with Gasteiger partial charge in [-0.15, -0.1) is 0 Å². The lowest BCUT2D eigenvalue weighted by Gasteiger charge is -2.11. The number of hydrogen-bond acceptors (Lipinski definition) is 5. The number of nitrogens with one attached hydrogen (secondary N) is 1. The van der Waals surface area contributed by atoms with Crippen LogP contribution in [0, 0.1) is 14.9 Å². The monoisotopic (exact) mass is 504 g/mol. The predicted octanol–water partition coefficient (Wildman–Crippen LogP) is 4.10. The summed E-state index contributed by atoms with van der Waals surface area (Å²) in [4.78, 5) is 12.5. The van der Waals surface area contributed by atoms with Crippen molar-refractivity contribution < 1.29 is 19.0 Å². The van der Waals surface area contributed by atoms with Gasteiger partial charge in [-0.1, -0.05) is 18.7 Å². The van der Waals surface area contributed by atoms with Crippen molar-refractivity contribution in [1.82, 2.24) is 5.32 Å². The predicted molar refractivity (Wildman–Crippen MR) is 120 cm³/mol. The Bertz CT molecular complexity index is 964. The molecule has 150 valence electrons. The molecule has 0 bridgehead atoms. The standard InChI is InChI=1S/C22H21IN2O4/c1-4-9-29-20-8-5-15(11-19(20)23)10-17(13-24)22(26)25-14-16-6-7-18(27-2)12-21(16)28-3/h4-8,10-12H,1,9,14H2,2-3H3,(H,25,26)/b17-10+. The highest BCUT2D eigenvalue weighted by molar-refractivity contribution is 14.1. The zero-order valence-electron chi connectivity index (χ0n) is 16.2. The molecule has 0 heterocycles. The number of halogens is 1. The van der Waals surface area contributed by atoms with Gasteiger partial charge in [-0.05, 0) is 58.5 Å². The van der Waals surface area contributed by atoms with Crippen molar-refractivity contribution >= 4 is 34.6 Å². The lowest BCUT2D eigenvalue weighted by molar-refractivity contribution is -0.117. The van der Waals surface area contributed by atoms with Gasteiger partial charge in [0.1, 0.15) is 35.5 Å². The Morgan fingerprint density at radius 3 is 2.62 bits per heavy atom. The summed E-state index contributed by atoms with van der Waals surface area (Å²) in [5.41, 5.74) is 1.51. The van der Waals surface area contributed by atoms with Crippen molar-refractivity contribution in [1.29, 1.82) is 5.26 Å². The van der Waals surface area contributed by atoms with Gasteiger partial charge in [0.25, 0.3) is 5.91 Å². The quantitative estimate of drug-likeness (QED) is 0.241. The lowest BCUT2D eigenvalue weighted by Crippen LogP contribution is -2.24. The molecule has 7 heteroatoms. The van der Waals surface area contributed by atoms with Crippen LogP contribution < -0.4 is 19.5 Å². The highest BCUT2D eigenvalue weighted by atomic mass is 127. The Kier molecular flexibility index (Phi) is 8.55. The first kappa shape index (κ1) is 22.3. The molecule has 0 fully saturated rings. The number of carbonyl (C=O) groups excluding carboxylic acids is 1. The van der Waals surface area contributed by atoms with Gasteiger partial charge >= 0.3 is 0 Å². The maximum atomic E-state index is 12.5. The van der Waals surface area contributed by atoms with Gasteiger partial charge in [0, 0.05) is 18.2 Å². The minimum atomic E-state index is -0.465. The van der Waals surface area contributed by atoms with E-state index in [0.29, 0.717) is 18.1 Å². The molecule has 0 radical (unpaired) electrons. The Balaban J connectivity index is 2.12. The van der Waals surface area contributed by atoms with E-state index in [0.717, 1.165) is 20.4 Å². The maximum Gasteiger partial charge on any atom is 0.262 e. The molecule has 0 unspecified atom stereocenters. The van der Waals surface area contributed by atoms with Crippen molar-refractivity contribution in [3.63, 3.8) is 0 Å². The van der Waals surface area contributed by atoms with Gasteiger partial charge in [0.15, 0.2) is 0 Å². The molecule has 6 nitrogen and oxygen atoms in total. The maximum absolute atomic E-state index is 12.5. The molecule has 1 N–H and O–H groups in total. The van der Waals surface area contributed by atoms with E-state index in [1.165, 1.54) is 0 Å². The van der Waals surface area contributed by atoms with Crippen molar-refractivity contribution in [3.8, 4) is 23.3 Å². The summed E-state index contributed by atoms with van der Waals surface area (Å²) in [6.07, 6.45) is 3.21. The van der Waals surface area contributed by atoms with Crippen LogP contribution in [0.2, 0.25) is 0 Å². The fourth-order valence-electron chi connectivity index (χ4n) is 2.46. The van der Waals surface area contributed by atoms with E-state index in [-0.39, 0.29) is 12.1 Å². The average molecular weight is 504 g/mol. The highest BCUT2D eigenvalue weighted by Gasteiger charge is 2.12. The first-order chi connectivity index (χ1) is 14.0. The topological polar surface area (TPSA) is 80.6 Å². The van der Waals surface area contributed by atoms with Crippen LogP contribution in [-0.2, 0) is 11.3 Å². The fraction of sp³-hybridized carbons (Fsp3) is 0.182. The first-order valence-corrected chi connectivity index (χ1v) is 9.74. The van der Waals surface area contributed by atoms with Crippen LogP contribution in [-0.4, -0.2) is 26.7 Å². The second-order valence-electron chi connectivity index (χ2n) is 5.82. The Morgan fingerprint density at radius 1 is 1.21 bits per heavy atom. The zero-order valence-corrected chi connectivity index (χ0v) is 18.4. The molecule has 0 spiro atoms. The summed E-state index contributed by atoms with van der Waals surface area (Å²) in [6, 6.07) is 12.7. The summed E-state index contributed by atoms with van der Waals surface area (Å²) in [5, 5.41) is 12.2. The number of hydrogen-bond donors (Lipinski definition) is 1. The van der Waals surface area contributed by atoms with E-state index in [4.69, 9.17) is 14.2 Å². The second-order valence-corrected chi connectivity index (χ2v) is 6.98. The number of nitrogens with zero attached hydrogens (tertiary/aromatic N) is 1. The minimum Gasteiger partial charge on any atom is -0.497 e. The van der Waals surface area contributed by atoms with E-state index >= 15 is 0 Å². The molecule has 29 heavy (non-hydrogen) atoms. The van der Waals surface area contributed by atoms with Crippen molar-refractivity contribution in [2.75, 3.05) is 20.8 Å². The molecular formula is C22H21IN2O4. The van der Waals surface area contributed by atoms with E-state index in [1.807, 2.05) is 12.1 Å². The molecule has 1 amide bonds. The van der Waals surface area contributed by atoms with E-state index in [2.05, 4.69) is 34.5 Å². The molecule has 0 aliphatic carbocycles. The largest absolute Gasteiger partial charge is 0.497 e. The average Bonchev–Trinajstić information content (AvgIpc) is 2.74. The summed E-state index contributed by atoms with van der Waals surface area (Å²) >= 11 is 2.14. The lowest BCUT2D eigenvalue weighted by atomic mass is 10.1. The Morgan fingerprint density at radius 2 is 2.00 bits per heavy atom. The van der Waals surface area contributed by atoms with Crippen LogP contribution in [0.25, 0.3) is 6.08 Å². The molecule has 0 aliphatic rings. The molecule has 0 saturated heterocycles. The Labute approximate surface area is 183 Å². The number of rotatable bonds is 9. The van der Waals surface area contributed by atoms with E-state index in [1.54, 1.807) is 56.7 Å². The summed E-state index contributed by atoms with van der Waals surface area (Å²) in [7, 11) is 3.12. The van der Waals surface area contributed by atoms with Gasteiger partial charge in [0.2, 0.25) is 0 Å². The smallest absolute Gasteiger partial charge is 0.262 e. The SMILES string of the molecule is C=CCOc1ccc(/C=C(\C#N)C(=O)NCc2ccc(OC)cc2OC)cc1I. The van der Waals surface area contributed by atoms with Gasteiger partial charge in [-0.25, -0.2) is 0 Å². The zero-order chi connectivity index (χ0) is 21.2. The summed E-state index contributed by atoms with van der Waals surface area (Å²) in [5.74, 6) is 1.51. The first-order valence-electron chi connectivity index (χ1n) is 8.66. The van der Waals surface area contributed by atoms with E-state index in [9.17, 15) is 10.1 Å². The molecule has 0 atom stereocenters. The number of ether oxygens (including phenoxy) is 3. The molecular weight excluding hydrogens is 483 g/mol. The molecule has 0 saturated carbocycles. The Hall–Kier alpha value is -2.99. The van der Waals surface area contributed by atoms with Crippen LogP contribution in [0.4, 0.5) is 0 Å². The number of carbonyl (C=O) groups is 1. The highest BCUT2D eigenvalue weighted by Crippen LogP contribution is 2.25. The van der Waals surface area contributed by atoms with Crippen LogP contribution in [0.1, 0.15) is 11.1 Å². The van der Waals surface area contributed by atoms with Gasteiger partial charge in [0.05, 0.1) is 17.8 Å². The van der Waals surface area contributed by atoms with Crippen molar-refractivity contribution in [2.24, 2.45) is 0 Å². The molecule has 0 aliphatic heterocycles. The van der Waals surface area contributed by atoms with Crippen molar-refractivity contribution in [3.05, 3.63) is 69.3 Å². The van der Waals surface area contributed by atoms with Crippen LogP contribution in [0.5, 0.6) is 17.2 Å². The molecule has 2 aromatic rings. The number of nitriles is 1. The van der Waals surface area contributed by atoms with E-state index < -0.39 is 5.91 Å². The third kappa shape index (κ3) is 6.26. The minimum absolute atomic E-state index is 0.00744. The number of amides is 1. The van der Waals surface area contributed by atoms with Crippen LogP contribution in [0.3, 0.4) is 0 Å². The van der Waals surface area contributed by atoms with Crippen LogP contribution in [0.15, 0.2) is 54.6 Å². The molecule has 0 aromatic heterocycles. The van der Waals surface area contributed by atoms with Crippen molar-refractivity contribution in [2.45, 2.75) is 6.54 Å².